The van der Waals surface area contributed by atoms with Crippen LogP contribution in [0.25, 0.3) is 10.9 Å². The molecule has 4 rings (SSSR count). The Balaban J connectivity index is 1.74. The highest BCUT2D eigenvalue weighted by molar-refractivity contribution is 5.85. The average Bonchev–Trinajstić information content (AvgIpc) is 3.00. The predicted octanol–water partition coefficient (Wildman–Crippen LogP) is 3.37. The normalized spacial score (nSPS) is 14.4. The summed E-state index contributed by atoms with van der Waals surface area (Å²) in [6, 6.07) is 9.95. The maximum atomic E-state index is 12.4. The van der Waals surface area contributed by atoms with Gasteiger partial charge in [0, 0.05) is 10.9 Å². The minimum atomic E-state index is -0.0682. The summed E-state index contributed by atoms with van der Waals surface area (Å²) in [4.78, 5) is 18.7. The molecule has 3 heterocycles. The highest BCUT2D eigenvalue weighted by Crippen LogP contribution is 2.29. The molecule has 0 radical (unpaired) electrons. The largest absolute Gasteiger partial charge is 0.467 e. The topological polar surface area (TPSA) is 55.6 Å². The number of benzene rings is 1. The fraction of sp³-hybridized carbons (Fsp3) is 0.263. The van der Waals surface area contributed by atoms with Gasteiger partial charge in [0.1, 0.15) is 5.76 Å². The molecule has 0 aliphatic carbocycles. The van der Waals surface area contributed by atoms with Crippen LogP contribution in [-0.2, 0) is 17.9 Å². The van der Waals surface area contributed by atoms with Gasteiger partial charge in [0.25, 0.3) is 5.91 Å². The second kappa shape index (κ2) is 5.67. The molecule has 0 N–H and O–H groups in total. The molecule has 3 aromatic rings. The number of ether oxygens (including phenoxy) is 1. The minimum absolute atomic E-state index is 0.00296. The number of hydrogen-bond donors (Lipinski definition) is 0. The van der Waals surface area contributed by atoms with E-state index in [0.29, 0.717) is 19.0 Å². The van der Waals surface area contributed by atoms with Crippen LogP contribution in [0.15, 0.2) is 41.0 Å². The maximum absolute atomic E-state index is 12.4. The van der Waals surface area contributed by atoms with Crippen molar-refractivity contribution in [3.63, 3.8) is 0 Å². The molecule has 0 unspecified atom stereocenters. The monoisotopic (exact) mass is 322 g/mol. The molecule has 1 aliphatic heterocycles. The molecule has 0 spiro atoms. The van der Waals surface area contributed by atoms with Crippen molar-refractivity contribution >= 4 is 16.8 Å². The molecule has 0 saturated carbocycles. The van der Waals surface area contributed by atoms with Crippen molar-refractivity contribution in [2.45, 2.75) is 26.9 Å². The lowest BCUT2D eigenvalue weighted by Crippen LogP contribution is -2.31. The average molecular weight is 322 g/mol. The number of furan rings is 1. The zero-order valence-corrected chi connectivity index (χ0v) is 13.7. The Morgan fingerprint density at radius 2 is 2.12 bits per heavy atom. The van der Waals surface area contributed by atoms with Crippen LogP contribution < -0.4 is 4.74 Å². The fourth-order valence-electron chi connectivity index (χ4n) is 3.14. The second-order valence-electron chi connectivity index (χ2n) is 6.22. The van der Waals surface area contributed by atoms with Crippen LogP contribution in [0.3, 0.4) is 0 Å². The van der Waals surface area contributed by atoms with Crippen molar-refractivity contribution < 1.29 is 13.9 Å². The Hall–Kier alpha value is -2.82. The Bertz CT molecular complexity index is 916. The minimum Gasteiger partial charge on any atom is -0.467 e. The highest BCUT2D eigenvalue weighted by Gasteiger charge is 2.24. The summed E-state index contributed by atoms with van der Waals surface area (Å²) in [7, 11) is 0. The van der Waals surface area contributed by atoms with Crippen LogP contribution in [-0.4, -0.2) is 22.4 Å². The number of carbonyl (C=O) groups is 1. The van der Waals surface area contributed by atoms with E-state index < -0.39 is 0 Å². The van der Waals surface area contributed by atoms with Crippen molar-refractivity contribution in [2.75, 3.05) is 6.61 Å². The van der Waals surface area contributed by atoms with Gasteiger partial charge in [0.2, 0.25) is 5.88 Å². The Morgan fingerprint density at radius 3 is 2.92 bits per heavy atom. The molecule has 0 bridgehead atoms. The zero-order valence-electron chi connectivity index (χ0n) is 13.7. The molecule has 1 amide bonds. The number of fused-ring (bicyclic) bond motifs is 2. The van der Waals surface area contributed by atoms with E-state index in [2.05, 4.69) is 31.0 Å². The van der Waals surface area contributed by atoms with Gasteiger partial charge in [-0.05, 0) is 49.2 Å². The molecule has 5 nitrogen and oxygen atoms in total. The first kappa shape index (κ1) is 14.8. The van der Waals surface area contributed by atoms with Gasteiger partial charge in [-0.1, -0.05) is 6.07 Å². The lowest BCUT2D eigenvalue weighted by molar-refractivity contribution is -0.134. The Morgan fingerprint density at radius 1 is 1.25 bits per heavy atom. The summed E-state index contributed by atoms with van der Waals surface area (Å²) in [6.07, 6.45) is 1.61. The molecule has 122 valence electrons. The third-order valence-corrected chi connectivity index (χ3v) is 4.30. The number of aryl methyl sites for hydroxylation is 2. The summed E-state index contributed by atoms with van der Waals surface area (Å²) >= 11 is 0. The maximum Gasteiger partial charge on any atom is 0.261 e. The zero-order chi connectivity index (χ0) is 16.7. The van der Waals surface area contributed by atoms with Crippen molar-refractivity contribution in [3.8, 4) is 5.88 Å². The van der Waals surface area contributed by atoms with Crippen molar-refractivity contribution in [1.82, 2.24) is 9.88 Å². The smallest absolute Gasteiger partial charge is 0.261 e. The molecule has 1 aliphatic rings. The molecule has 0 atom stereocenters. The molecule has 2 aromatic heterocycles. The molecular weight excluding hydrogens is 304 g/mol. The van der Waals surface area contributed by atoms with E-state index in [0.717, 1.165) is 27.8 Å². The van der Waals surface area contributed by atoms with E-state index in [-0.39, 0.29) is 12.5 Å². The van der Waals surface area contributed by atoms with Crippen molar-refractivity contribution in [2.24, 2.45) is 0 Å². The number of hydrogen-bond acceptors (Lipinski definition) is 4. The number of rotatable bonds is 2. The SMILES string of the molecule is Cc1cc(C)c2cc3c(nc2c1)OCC(=O)N(Cc1ccco1)C3. The van der Waals surface area contributed by atoms with Gasteiger partial charge in [-0.25, -0.2) is 4.98 Å². The number of amides is 1. The highest BCUT2D eigenvalue weighted by atomic mass is 16.5. The summed E-state index contributed by atoms with van der Waals surface area (Å²) < 4.78 is 11.0. The Labute approximate surface area is 139 Å². The summed E-state index contributed by atoms with van der Waals surface area (Å²) in [5, 5.41) is 1.09. The van der Waals surface area contributed by atoms with E-state index in [4.69, 9.17) is 9.15 Å². The number of carbonyl (C=O) groups excluding carboxylic acids is 1. The summed E-state index contributed by atoms with van der Waals surface area (Å²) in [5.41, 5.74) is 4.16. The first-order valence-electron chi connectivity index (χ1n) is 7.94. The first-order valence-corrected chi connectivity index (χ1v) is 7.94. The summed E-state index contributed by atoms with van der Waals surface area (Å²) in [5.74, 6) is 1.23. The van der Waals surface area contributed by atoms with Gasteiger partial charge in [-0.2, -0.15) is 0 Å². The molecule has 0 fully saturated rings. The van der Waals surface area contributed by atoms with Gasteiger partial charge in [0.15, 0.2) is 6.61 Å². The third kappa shape index (κ3) is 2.62. The standard InChI is InChI=1S/C19H18N2O3/c1-12-6-13(2)16-8-14-9-21(10-15-4-3-5-23-15)18(22)11-24-19(14)20-17(16)7-12/h3-8H,9-11H2,1-2H3. The van der Waals surface area contributed by atoms with Crippen LogP contribution in [0, 0.1) is 13.8 Å². The lowest BCUT2D eigenvalue weighted by Gasteiger charge is -2.18. The van der Waals surface area contributed by atoms with Gasteiger partial charge in [0.05, 0.1) is 24.9 Å². The molecule has 5 heteroatoms. The lowest BCUT2D eigenvalue weighted by atomic mass is 10.0. The van der Waals surface area contributed by atoms with Gasteiger partial charge in [-0.3, -0.25) is 4.79 Å². The van der Waals surface area contributed by atoms with E-state index in [1.54, 1.807) is 11.2 Å². The summed E-state index contributed by atoms with van der Waals surface area (Å²) in [6.45, 7) is 5.02. The van der Waals surface area contributed by atoms with E-state index in [9.17, 15) is 4.79 Å². The predicted molar refractivity (Wildman–Crippen MR) is 89.7 cm³/mol. The number of nitrogens with zero attached hydrogens (tertiary/aromatic N) is 2. The fourth-order valence-corrected chi connectivity index (χ4v) is 3.14. The van der Waals surface area contributed by atoms with Crippen molar-refractivity contribution in [1.29, 1.82) is 0 Å². The van der Waals surface area contributed by atoms with Crippen LogP contribution >= 0.6 is 0 Å². The van der Waals surface area contributed by atoms with E-state index in [1.807, 2.05) is 18.2 Å². The van der Waals surface area contributed by atoms with Crippen LogP contribution in [0.4, 0.5) is 0 Å². The van der Waals surface area contributed by atoms with Gasteiger partial charge >= 0.3 is 0 Å². The van der Waals surface area contributed by atoms with E-state index >= 15 is 0 Å². The second-order valence-corrected chi connectivity index (χ2v) is 6.22. The third-order valence-electron chi connectivity index (χ3n) is 4.30. The molecule has 1 aromatic carbocycles. The first-order chi connectivity index (χ1) is 11.6. The quantitative estimate of drug-likeness (QED) is 0.726. The van der Waals surface area contributed by atoms with Crippen LogP contribution in [0.5, 0.6) is 5.88 Å². The van der Waals surface area contributed by atoms with E-state index in [1.165, 1.54) is 5.56 Å². The molecule has 24 heavy (non-hydrogen) atoms. The molecule has 0 saturated heterocycles. The number of aromatic nitrogens is 1. The van der Waals surface area contributed by atoms with Gasteiger partial charge < -0.3 is 14.1 Å². The van der Waals surface area contributed by atoms with Crippen LogP contribution in [0.2, 0.25) is 0 Å². The Kier molecular flexibility index (Phi) is 3.49. The number of pyridine rings is 1. The van der Waals surface area contributed by atoms with Gasteiger partial charge in [-0.15, -0.1) is 0 Å². The van der Waals surface area contributed by atoms with Crippen LogP contribution in [0.1, 0.15) is 22.5 Å². The van der Waals surface area contributed by atoms with Crippen molar-refractivity contribution in [3.05, 3.63) is 59.0 Å². The molecular formula is C19H18N2O3.